The Morgan fingerprint density at radius 3 is 2.79 bits per heavy atom. The van der Waals surface area contributed by atoms with Crippen LogP contribution in [0.3, 0.4) is 0 Å². The summed E-state index contributed by atoms with van der Waals surface area (Å²) in [5.74, 6) is 0.920. The van der Waals surface area contributed by atoms with Crippen LogP contribution in [0.1, 0.15) is 9.80 Å². The fraction of sp³-hybridized carbons (Fsp3) is 0.182. The molecule has 1 aliphatic rings. The number of carbonyl (C=O) groups is 1. The molecule has 98 valence electrons. The molecule has 0 spiro atoms. The summed E-state index contributed by atoms with van der Waals surface area (Å²) in [4.78, 5) is 11.9. The normalized spacial score (nSPS) is 13.1. The van der Waals surface area contributed by atoms with Crippen LogP contribution in [-0.4, -0.2) is 29.3 Å². The van der Waals surface area contributed by atoms with Crippen molar-refractivity contribution >= 4 is 34.5 Å². The van der Waals surface area contributed by atoms with Crippen LogP contribution in [0.5, 0.6) is 11.5 Å². The molecule has 1 aromatic heterocycles. The van der Waals surface area contributed by atoms with Gasteiger partial charge in [0.25, 0.3) is 5.91 Å². The number of ether oxygens (including phenoxy) is 2. The maximum atomic E-state index is 11.9. The Morgan fingerprint density at radius 2 is 2.05 bits per heavy atom. The van der Waals surface area contributed by atoms with Crippen LogP contribution in [0.15, 0.2) is 18.2 Å². The van der Waals surface area contributed by atoms with E-state index < -0.39 is 0 Å². The molecule has 2 aromatic rings. The Kier molecular flexibility index (Phi) is 3.22. The van der Waals surface area contributed by atoms with Gasteiger partial charge in [0.15, 0.2) is 11.5 Å². The second-order valence-corrected chi connectivity index (χ2v) is 5.23. The van der Waals surface area contributed by atoms with Crippen molar-refractivity contribution < 1.29 is 14.3 Å². The highest BCUT2D eigenvalue weighted by Gasteiger charge is 2.15. The standard InChI is InChI=1S/C11H8ClN3O3S/c12-11-15-14-10(19-11)9(16)13-6-1-2-7-8(5-6)18-4-3-17-7/h1-2,5H,3-4H2,(H,13,16). The molecule has 0 saturated heterocycles. The molecular formula is C11H8ClN3O3S. The zero-order valence-electron chi connectivity index (χ0n) is 9.55. The number of rotatable bonds is 2. The van der Waals surface area contributed by atoms with E-state index in [1.165, 1.54) is 0 Å². The van der Waals surface area contributed by atoms with E-state index in [-0.39, 0.29) is 15.4 Å². The summed E-state index contributed by atoms with van der Waals surface area (Å²) in [5.41, 5.74) is 0.598. The average Bonchev–Trinajstić information content (AvgIpc) is 2.85. The van der Waals surface area contributed by atoms with Crippen LogP contribution < -0.4 is 14.8 Å². The number of halogens is 1. The van der Waals surface area contributed by atoms with Gasteiger partial charge >= 0.3 is 0 Å². The SMILES string of the molecule is O=C(Nc1ccc2c(c1)OCCO2)c1nnc(Cl)s1. The lowest BCUT2D eigenvalue weighted by Gasteiger charge is -2.18. The molecule has 1 amide bonds. The van der Waals surface area contributed by atoms with Gasteiger partial charge in [-0.1, -0.05) is 11.3 Å². The molecule has 0 atom stereocenters. The van der Waals surface area contributed by atoms with E-state index in [2.05, 4.69) is 15.5 Å². The smallest absolute Gasteiger partial charge is 0.286 e. The van der Waals surface area contributed by atoms with Gasteiger partial charge < -0.3 is 14.8 Å². The van der Waals surface area contributed by atoms with Gasteiger partial charge in [-0.05, 0) is 23.7 Å². The Bertz CT molecular complexity index is 631. The first kappa shape index (κ1) is 12.2. The summed E-state index contributed by atoms with van der Waals surface area (Å²) in [6, 6.07) is 5.18. The third-order valence-corrected chi connectivity index (χ3v) is 3.41. The molecule has 0 bridgehead atoms. The average molecular weight is 298 g/mol. The summed E-state index contributed by atoms with van der Waals surface area (Å²) < 4.78 is 11.1. The molecule has 0 fully saturated rings. The maximum absolute atomic E-state index is 11.9. The first-order valence-corrected chi connectivity index (χ1v) is 6.62. The molecule has 0 saturated carbocycles. The molecular weight excluding hydrogens is 290 g/mol. The van der Waals surface area contributed by atoms with Crippen LogP contribution in [0.4, 0.5) is 5.69 Å². The molecule has 3 rings (SSSR count). The fourth-order valence-corrected chi connectivity index (χ4v) is 2.33. The number of hydrogen-bond donors (Lipinski definition) is 1. The largest absolute Gasteiger partial charge is 0.486 e. The number of benzene rings is 1. The van der Waals surface area contributed by atoms with E-state index in [1.807, 2.05) is 0 Å². The Balaban J connectivity index is 1.78. The lowest BCUT2D eigenvalue weighted by atomic mass is 10.2. The third kappa shape index (κ3) is 2.61. The lowest BCUT2D eigenvalue weighted by Crippen LogP contribution is -2.16. The number of hydrogen-bond acceptors (Lipinski definition) is 6. The van der Waals surface area contributed by atoms with Gasteiger partial charge in [-0.3, -0.25) is 4.79 Å². The first-order valence-electron chi connectivity index (χ1n) is 5.42. The maximum Gasteiger partial charge on any atom is 0.286 e. The van der Waals surface area contributed by atoms with Crippen molar-refractivity contribution in [1.82, 2.24) is 10.2 Å². The lowest BCUT2D eigenvalue weighted by molar-refractivity contribution is 0.102. The zero-order chi connectivity index (χ0) is 13.2. The van der Waals surface area contributed by atoms with Crippen molar-refractivity contribution in [1.29, 1.82) is 0 Å². The summed E-state index contributed by atoms with van der Waals surface area (Å²) in [6.45, 7) is 1.03. The minimum absolute atomic E-state index is 0.208. The molecule has 0 aliphatic carbocycles. The van der Waals surface area contributed by atoms with Crippen LogP contribution in [-0.2, 0) is 0 Å². The molecule has 19 heavy (non-hydrogen) atoms. The van der Waals surface area contributed by atoms with Gasteiger partial charge in [-0.2, -0.15) is 0 Å². The number of fused-ring (bicyclic) bond motifs is 1. The van der Waals surface area contributed by atoms with E-state index in [4.69, 9.17) is 21.1 Å². The van der Waals surface area contributed by atoms with E-state index >= 15 is 0 Å². The van der Waals surface area contributed by atoms with Crippen molar-refractivity contribution in [2.24, 2.45) is 0 Å². The highest BCUT2D eigenvalue weighted by molar-refractivity contribution is 7.17. The Labute approximate surface area is 117 Å². The molecule has 1 aromatic carbocycles. The van der Waals surface area contributed by atoms with Gasteiger partial charge in [0.05, 0.1) is 0 Å². The van der Waals surface area contributed by atoms with Crippen LogP contribution in [0.25, 0.3) is 0 Å². The second-order valence-electron chi connectivity index (χ2n) is 3.67. The van der Waals surface area contributed by atoms with Crippen molar-refractivity contribution in [3.8, 4) is 11.5 Å². The predicted molar refractivity (Wildman–Crippen MR) is 70.3 cm³/mol. The Morgan fingerprint density at radius 1 is 1.26 bits per heavy atom. The topological polar surface area (TPSA) is 73.3 Å². The minimum atomic E-state index is -0.360. The number of carbonyl (C=O) groups excluding carboxylic acids is 1. The fourth-order valence-electron chi connectivity index (χ4n) is 1.60. The molecule has 8 heteroatoms. The van der Waals surface area contributed by atoms with Crippen molar-refractivity contribution in [3.63, 3.8) is 0 Å². The van der Waals surface area contributed by atoms with Gasteiger partial charge in [0, 0.05) is 11.8 Å². The van der Waals surface area contributed by atoms with E-state index in [9.17, 15) is 4.79 Å². The first-order chi connectivity index (χ1) is 9.22. The molecule has 1 aliphatic heterocycles. The molecule has 1 N–H and O–H groups in total. The number of aromatic nitrogens is 2. The van der Waals surface area contributed by atoms with Gasteiger partial charge in [-0.25, -0.2) is 0 Å². The van der Waals surface area contributed by atoms with Gasteiger partial charge in [-0.15, -0.1) is 10.2 Å². The summed E-state index contributed by atoms with van der Waals surface area (Å²) in [5, 5.41) is 10.2. The number of nitrogens with one attached hydrogen (secondary N) is 1. The monoisotopic (exact) mass is 297 g/mol. The van der Waals surface area contributed by atoms with Crippen LogP contribution in [0.2, 0.25) is 4.47 Å². The van der Waals surface area contributed by atoms with Crippen molar-refractivity contribution in [2.45, 2.75) is 0 Å². The molecule has 2 heterocycles. The van der Waals surface area contributed by atoms with E-state index in [1.54, 1.807) is 18.2 Å². The number of nitrogens with zero attached hydrogens (tertiary/aromatic N) is 2. The van der Waals surface area contributed by atoms with Crippen molar-refractivity contribution in [3.05, 3.63) is 27.7 Å². The van der Waals surface area contributed by atoms with Crippen LogP contribution in [0, 0.1) is 0 Å². The minimum Gasteiger partial charge on any atom is -0.486 e. The van der Waals surface area contributed by atoms with Crippen molar-refractivity contribution in [2.75, 3.05) is 18.5 Å². The van der Waals surface area contributed by atoms with E-state index in [0.29, 0.717) is 30.4 Å². The third-order valence-electron chi connectivity index (χ3n) is 2.39. The summed E-state index contributed by atoms with van der Waals surface area (Å²) in [7, 11) is 0. The molecule has 6 nitrogen and oxygen atoms in total. The zero-order valence-corrected chi connectivity index (χ0v) is 11.1. The van der Waals surface area contributed by atoms with Gasteiger partial charge in [0.2, 0.25) is 9.47 Å². The number of anilines is 1. The Hall–Kier alpha value is -1.86. The predicted octanol–water partition coefficient (Wildman–Crippen LogP) is 2.21. The summed E-state index contributed by atoms with van der Waals surface area (Å²) in [6.07, 6.45) is 0. The van der Waals surface area contributed by atoms with Gasteiger partial charge in [0.1, 0.15) is 13.2 Å². The van der Waals surface area contributed by atoms with E-state index in [0.717, 1.165) is 11.3 Å². The molecule has 0 unspecified atom stereocenters. The molecule has 0 radical (unpaired) electrons. The second kappa shape index (κ2) is 5.02. The highest BCUT2D eigenvalue weighted by Crippen LogP contribution is 2.32. The summed E-state index contributed by atoms with van der Waals surface area (Å²) >= 11 is 6.65. The highest BCUT2D eigenvalue weighted by atomic mass is 35.5. The number of amides is 1. The quantitative estimate of drug-likeness (QED) is 0.920. The van der Waals surface area contributed by atoms with Crippen LogP contribution >= 0.6 is 22.9 Å².